The van der Waals surface area contributed by atoms with Gasteiger partial charge in [-0.3, -0.25) is 5.10 Å². The average Bonchev–Trinajstić information content (AvgIpc) is 2.55. The molecule has 1 N–H and O–H groups in total. The first-order valence-corrected chi connectivity index (χ1v) is 3.90. The number of furan rings is 1. The second-order valence-corrected chi connectivity index (χ2v) is 2.86. The van der Waals surface area contributed by atoms with Gasteiger partial charge in [0.2, 0.25) is 0 Å². The minimum atomic E-state index is 0.724. The summed E-state index contributed by atoms with van der Waals surface area (Å²) in [4.78, 5) is 0. The zero-order valence-corrected chi connectivity index (χ0v) is 7.13. The smallest absolute Gasteiger partial charge is 0.169 e. The Hall–Kier alpha value is -1.03. The molecule has 4 heteroatoms. The Morgan fingerprint density at radius 1 is 1.36 bits per heavy atom. The Kier molecular flexibility index (Phi) is 1.54. The van der Waals surface area contributed by atoms with Gasteiger partial charge in [0.25, 0.3) is 0 Å². The van der Waals surface area contributed by atoms with E-state index in [1.807, 2.05) is 18.2 Å². The van der Waals surface area contributed by atoms with E-state index in [-0.39, 0.29) is 0 Å². The third-order valence-corrected chi connectivity index (χ3v) is 1.77. The number of rotatable bonds is 1. The van der Waals surface area contributed by atoms with Crippen LogP contribution in [0.3, 0.4) is 0 Å². The van der Waals surface area contributed by atoms with E-state index in [9.17, 15) is 0 Å². The number of hydrogen-bond donors (Lipinski definition) is 1. The third-order valence-electron chi connectivity index (χ3n) is 1.34. The summed E-state index contributed by atoms with van der Waals surface area (Å²) in [6, 6.07) is 5.57. The summed E-state index contributed by atoms with van der Waals surface area (Å²) in [5.74, 6) is 0.786. The summed E-state index contributed by atoms with van der Waals surface area (Å²) in [6.45, 7) is 0. The van der Waals surface area contributed by atoms with Crippen LogP contribution in [-0.4, -0.2) is 10.2 Å². The molecule has 0 atom stereocenters. The van der Waals surface area contributed by atoms with Gasteiger partial charge in [-0.2, -0.15) is 5.10 Å². The van der Waals surface area contributed by atoms with Crippen molar-refractivity contribution in [2.75, 3.05) is 0 Å². The fourth-order valence-electron chi connectivity index (χ4n) is 0.852. The first kappa shape index (κ1) is 6.67. The van der Waals surface area contributed by atoms with Gasteiger partial charge in [0.05, 0.1) is 0 Å². The lowest BCUT2D eigenvalue weighted by Crippen LogP contribution is -1.71. The molecule has 0 saturated heterocycles. The Labute approximate surface area is 71.5 Å². The molecule has 0 aliphatic carbocycles. The molecular formula is C7H5BrN2O. The summed E-state index contributed by atoms with van der Waals surface area (Å²) < 4.78 is 6.00. The SMILES string of the molecule is Brc1ccc(-c2ccn[nH]2)o1. The molecule has 0 aliphatic heterocycles. The van der Waals surface area contributed by atoms with Crippen LogP contribution in [0.25, 0.3) is 11.5 Å². The Morgan fingerprint density at radius 3 is 2.82 bits per heavy atom. The molecule has 3 nitrogen and oxygen atoms in total. The molecule has 2 aromatic heterocycles. The summed E-state index contributed by atoms with van der Waals surface area (Å²) >= 11 is 3.22. The fraction of sp³-hybridized carbons (Fsp3) is 0. The summed E-state index contributed by atoms with van der Waals surface area (Å²) in [5, 5.41) is 6.61. The standard InChI is InChI=1S/C7H5BrN2O/c8-7-2-1-6(11-7)5-3-4-9-10-5/h1-4H,(H,9,10). The van der Waals surface area contributed by atoms with Crippen LogP contribution < -0.4 is 0 Å². The normalized spacial score (nSPS) is 10.3. The number of H-pyrrole nitrogens is 1. The molecule has 0 aromatic carbocycles. The highest BCUT2D eigenvalue weighted by atomic mass is 79.9. The molecule has 0 amide bonds. The zero-order chi connectivity index (χ0) is 7.68. The van der Waals surface area contributed by atoms with Crippen LogP contribution in [-0.2, 0) is 0 Å². The van der Waals surface area contributed by atoms with Gasteiger partial charge >= 0.3 is 0 Å². The molecule has 2 heterocycles. The largest absolute Gasteiger partial charge is 0.448 e. The van der Waals surface area contributed by atoms with Crippen LogP contribution in [0.4, 0.5) is 0 Å². The van der Waals surface area contributed by atoms with Crippen LogP contribution in [0, 0.1) is 0 Å². The predicted octanol–water partition coefficient (Wildman–Crippen LogP) is 2.43. The van der Waals surface area contributed by atoms with E-state index in [1.165, 1.54) is 0 Å². The summed E-state index contributed by atoms with van der Waals surface area (Å²) in [7, 11) is 0. The second kappa shape index (κ2) is 2.54. The lowest BCUT2D eigenvalue weighted by molar-refractivity contribution is 0.553. The van der Waals surface area contributed by atoms with E-state index >= 15 is 0 Å². The molecule has 11 heavy (non-hydrogen) atoms. The van der Waals surface area contributed by atoms with Crippen LogP contribution in [0.15, 0.2) is 33.5 Å². The van der Waals surface area contributed by atoms with Crippen molar-refractivity contribution in [3.05, 3.63) is 29.1 Å². The molecule has 0 spiro atoms. The third kappa shape index (κ3) is 1.21. The molecule has 0 fully saturated rings. The first-order chi connectivity index (χ1) is 5.36. The summed E-state index contributed by atoms with van der Waals surface area (Å²) in [6.07, 6.45) is 1.69. The first-order valence-electron chi connectivity index (χ1n) is 3.11. The molecule has 56 valence electrons. The number of aromatic nitrogens is 2. The van der Waals surface area contributed by atoms with Crippen molar-refractivity contribution in [2.24, 2.45) is 0 Å². The van der Waals surface area contributed by atoms with Crippen molar-refractivity contribution in [2.45, 2.75) is 0 Å². The van der Waals surface area contributed by atoms with Crippen molar-refractivity contribution >= 4 is 15.9 Å². The Balaban J connectivity index is 2.45. The van der Waals surface area contributed by atoms with E-state index in [0.29, 0.717) is 0 Å². The maximum absolute atomic E-state index is 5.27. The molecule has 2 rings (SSSR count). The number of nitrogens with one attached hydrogen (secondary N) is 1. The van der Waals surface area contributed by atoms with Crippen LogP contribution in [0.1, 0.15) is 0 Å². The topological polar surface area (TPSA) is 41.8 Å². The van der Waals surface area contributed by atoms with E-state index in [0.717, 1.165) is 16.1 Å². The van der Waals surface area contributed by atoms with Gasteiger partial charge in [0.15, 0.2) is 10.4 Å². The van der Waals surface area contributed by atoms with Gasteiger partial charge in [-0.15, -0.1) is 0 Å². The van der Waals surface area contributed by atoms with Crippen LogP contribution in [0.5, 0.6) is 0 Å². The highest BCUT2D eigenvalue weighted by Crippen LogP contribution is 2.22. The van der Waals surface area contributed by atoms with Gasteiger partial charge in [0.1, 0.15) is 5.69 Å². The molecule has 0 unspecified atom stereocenters. The van der Waals surface area contributed by atoms with Crippen LogP contribution in [0.2, 0.25) is 0 Å². The minimum Gasteiger partial charge on any atom is -0.448 e. The van der Waals surface area contributed by atoms with Gasteiger partial charge in [-0.05, 0) is 34.1 Å². The van der Waals surface area contributed by atoms with Gasteiger partial charge in [-0.25, -0.2) is 0 Å². The Bertz CT molecular complexity index is 339. The lowest BCUT2D eigenvalue weighted by Gasteiger charge is -1.86. The molecular weight excluding hydrogens is 208 g/mol. The van der Waals surface area contributed by atoms with Gasteiger partial charge in [-0.1, -0.05) is 0 Å². The molecule has 0 radical (unpaired) electrons. The van der Waals surface area contributed by atoms with Crippen molar-refractivity contribution in [3.63, 3.8) is 0 Å². The maximum Gasteiger partial charge on any atom is 0.169 e. The monoisotopic (exact) mass is 212 g/mol. The lowest BCUT2D eigenvalue weighted by atomic mass is 10.3. The molecule has 0 saturated carbocycles. The van der Waals surface area contributed by atoms with Gasteiger partial charge < -0.3 is 4.42 Å². The number of nitrogens with zero attached hydrogens (tertiary/aromatic N) is 1. The average molecular weight is 213 g/mol. The minimum absolute atomic E-state index is 0.724. The maximum atomic E-state index is 5.27. The van der Waals surface area contributed by atoms with E-state index in [2.05, 4.69) is 26.1 Å². The van der Waals surface area contributed by atoms with Gasteiger partial charge in [0, 0.05) is 6.20 Å². The van der Waals surface area contributed by atoms with Crippen molar-refractivity contribution in [3.8, 4) is 11.5 Å². The highest BCUT2D eigenvalue weighted by Gasteiger charge is 2.02. The van der Waals surface area contributed by atoms with Crippen molar-refractivity contribution < 1.29 is 4.42 Å². The number of halogens is 1. The van der Waals surface area contributed by atoms with Crippen molar-refractivity contribution in [1.29, 1.82) is 0 Å². The zero-order valence-electron chi connectivity index (χ0n) is 5.54. The van der Waals surface area contributed by atoms with E-state index < -0.39 is 0 Å². The number of hydrogen-bond acceptors (Lipinski definition) is 2. The quantitative estimate of drug-likeness (QED) is 0.790. The Morgan fingerprint density at radius 2 is 2.27 bits per heavy atom. The fourth-order valence-corrected chi connectivity index (χ4v) is 1.16. The second-order valence-electron chi connectivity index (χ2n) is 2.07. The highest BCUT2D eigenvalue weighted by molar-refractivity contribution is 9.10. The van der Waals surface area contributed by atoms with E-state index in [4.69, 9.17) is 4.42 Å². The van der Waals surface area contributed by atoms with E-state index in [1.54, 1.807) is 6.20 Å². The molecule has 2 aromatic rings. The molecule has 0 bridgehead atoms. The summed E-state index contributed by atoms with van der Waals surface area (Å²) in [5.41, 5.74) is 0.885. The number of aromatic amines is 1. The molecule has 0 aliphatic rings. The van der Waals surface area contributed by atoms with Crippen LogP contribution >= 0.6 is 15.9 Å². The van der Waals surface area contributed by atoms with Crippen molar-refractivity contribution in [1.82, 2.24) is 10.2 Å². The predicted molar refractivity (Wildman–Crippen MR) is 44.0 cm³/mol.